The second-order valence-electron chi connectivity index (χ2n) is 17.1. The number of carbonyl (C=O) groups excluding carboxylic acids is 2. The summed E-state index contributed by atoms with van der Waals surface area (Å²) in [6, 6.07) is -0.627. The van der Waals surface area contributed by atoms with Crippen LogP contribution in [0.5, 0.6) is 0 Å². The summed E-state index contributed by atoms with van der Waals surface area (Å²) in [6.07, 6.45) is 53.9. The van der Waals surface area contributed by atoms with E-state index >= 15 is 0 Å². The van der Waals surface area contributed by atoms with Gasteiger partial charge in [-0.05, 0) is 64.2 Å². The minimum atomic E-state index is -0.886. The molecule has 0 fully saturated rings. The molecule has 0 heterocycles. The first-order chi connectivity index (χ1) is 29.1. The zero-order valence-electron chi connectivity index (χ0n) is 39.1. The van der Waals surface area contributed by atoms with Crippen molar-refractivity contribution in [1.29, 1.82) is 0 Å². The third-order valence-electron chi connectivity index (χ3n) is 10.4. The van der Waals surface area contributed by atoms with Gasteiger partial charge in [0.25, 0.3) is 0 Å². The topological polar surface area (TPSA) is 99.1 Å². The Balaban J connectivity index is 4.28. The number of rotatable bonds is 42. The van der Waals surface area contributed by atoms with Crippen LogP contribution < -0.4 is 0 Å². The van der Waals surface area contributed by atoms with Crippen molar-refractivity contribution in [2.75, 3.05) is 41.0 Å². The van der Waals surface area contributed by atoms with Gasteiger partial charge in [-0.2, -0.15) is 0 Å². The van der Waals surface area contributed by atoms with E-state index in [1.807, 2.05) is 57.6 Å². The molecule has 0 spiro atoms. The van der Waals surface area contributed by atoms with Gasteiger partial charge in [0.1, 0.15) is 6.61 Å². The maximum Gasteiger partial charge on any atom is 0.362 e. The fraction of sp³-hybridized carbons (Fsp3) is 0.712. The lowest BCUT2D eigenvalue weighted by Crippen LogP contribution is -2.50. The third-order valence-corrected chi connectivity index (χ3v) is 10.4. The molecular weight excluding hydrogens is 751 g/mol. The summed E-state index contributed by atoms with van der Waals surface area (Å²) in [6.45, 7) is 4.54. The number of aliphatic carboxylic acids is 1. The fourth-order valence-electron chi connectivity index (χ4n) is 6.72. The van der Waals surface area contributed by atoms with Crippen LogP contribution in [0.25, 0.3) is 0 Å². The average Bonchev–Trinajstić information content (AvgIpc) is 3.21. The second kappa shape index (κ2) is 42.5. The minimum Gasteiger partial charge on any atom is -0.477 e. The Morgan fingerprint density at radius 3 is 1.53 bits per heavy atom. The maximum atomic E-state index is 12.7. The van der Waals surface area contributed by atoms with Gasteiger partial charge in [0.2, 0.25) is 0 Å². The van der Waals surface area contributed by atoms with Gasteiger partial charge >= 0.3 is 17.9 Å². The molecule has 0 aromatic heterocycles. The van der Waals surface area contributed by atoms with Crippen molar-refractivity contribution in [2.45, 2.75) is 199 Å². The van der Waals surface area contributed by atoms with Crippen LogP contribution in [0.4, 0.5) is 0 Å². The number of quaternary nitrogens is 1. The number of esters is 2. The number of allylic oxidation sites excluding steroid dienone is 12. The smallest absolute Gasteiger partial charge is 0.362 e. The normalized spacial score (nSPS) is 13.6. The first-order valence-corrected chi connectivity index (χ1v) is 24.0. The highest BCUT2D eigenvalue weighted by atomic mass is 16.6. The molecule has 0 aliphatic rings. The predicted octanol–water partition coefficient (Wildman–Crippen LogP) is 13.5. The Hall–Kier alpha value is -3.23. The number of carboxylic acid groups (broad SMARTS) is 1. The lowest BCUT2D eigenvalue weighted by Gasteiger charge is -2.31. The van der Waals surface area contributed by atoms with E-state index < -0.39 is 18.1 Å². The van der Waals surface area contributed by atoms with Crippen molar-refractivity contribution in [3.63, 3.8) is 0 Å². The molecule has 8 nitrogen and oxygen atoms in total. The SMILES string of the molecule is CC/C=C/C=C/C=C/C=C/CCCCCC(=O)OC(COCCC(C(=O)O)[N+](C)(C)C)COC(=O)CCCCCCCCC/C=C/C/C=C/CCCCCCCCCCC. The molecule has 0 aromatic rings. The van der Waals surface area contributed by atoms with E-state index in [0.717, 1.165) is 57.8 Å². The minimum absolute atomic E-state index is 0.0389. The van der Waals surface area contributed by atoms with Gasteiger partial charge in [0, 0.05) is 19.3 Å². The number of hydrogen-bond donors (Lipinski definition) is 1. The number of carboxylic acids is 1. The predicted molar refractivity (Wildman–Crippen MR) is 252 cm³/mol. The van der Waals surface area contributed by atoms with Gasteiger partial charge in [-0.25, -0.2) is 4.79 Å². The molecule has 0 amide bonds. The molecule has 0 saturated carbocycles. The Morgan fingerprint density at radius 2 is 1.00 bits per heavy atom. The molecule has 0 radical (unpaired) electrons. The van der Waals surface area contributed by atoms with E-state index in [-0.39, 0.29) is 42.7 Å². The van der Waals surface area contributed by atoms with Gasteiger partial charge < -0.3 is 23.8 Å². The van der Waals surface area contributed by atoms with E-state index in [1.54, 1.807) is 0 Å². The first-order valence-electron chi connectivity index (χ1n) is 24.0. The van der Waals surface area contributed by atoms with Crippen LogP contribution in [0.2, 0.25) is 0 Å². The monoisotopic (exact) mass is 841 g/mol. The van der Waals surface area contributed by atoms with Crippen LogP contribution >= 0.6 is 0 Å². The van der Waals surface area contributed by atoms with Crippen molar-refractivity contribution in [3.8, 4) is 0 Å². The Bertz CT molecular complexity index is 1210. The molecule has 2 unspecified atom stereocenters. The van der Waals surface area contributed by atoms with Gasteiger partial charge in [-0.3, -0.25) is 9.59 Å². The van der Waals surface area contributed by atoms with Gasteiger partial charge in [-0.1, -0.05) is 177 Å². The van der Waals surface area contributed by atoms with Gasteiger partial charge in [0.15, 0.2) is 12.1 Å². The lowest BCUT2D eigenvalue weighted by atomic mass is 10.1. The van der Waals surface area contributed by atoms with Crippen LogP contribution in [-0.4, -0.2) is 80.6 Å². The Morgan fingerprint density at radius 1 is 0.533 bits per heavy atom. The number of carbonyl (C=O) groups is 3. The van der Waals surface area contributed by atoms with Crippen LogP contribution in [0.15, 0.2) is 72.9 Å². The van der Waals surface area contributed by atoms with Gasteiger partial charge in [0.05, 0.1) is 34.4 Å². The largest absolute Gasteiger partial charge is 0.477 e. The molecule has 60 heavy (non-hydrogen) atoms. The van der Waals surface area contributed by atoms with Gasteiger partial charge in [-0.15, -0.1) is 0 Å². The summed E-state index contributed by atoms with van der Waals surface area (Å²) in [5.41, 5.74) is 0. The Labute approximate surface area is 368 Å². The van der Waals surface area contributed by atoms with Crippen molar-refractivity contribution < 1.29 is 38.2 Å². The zero-order chi connectivity index (χ0) is 44.2. The molecule has 344 valence electrons. The van der Waals surface area contributed by atoms with E-state index in [0.29, 0.717) is 19.3 Å². The number of unbranched alkanes of at least 4 members (excludes halogenated alkanes) is 19. The number of ether oxygens (including phenoxy) is 3. The first kappa shape index (κ1) is 56.8. The van der Waals surface area contributed by atoms with Crippen molar-refractivity contribution in [1.82, 2.24) is 0 Å². The van der Waals surface area contributed by atoms with Crippen LogP contribution in [0, 0.1) is 0 Å². The molecule has 2 atom stereocenters. The third kappa shape index (κ3) is 40.2. The standard InChI is InChI=1S/C52H89NO7/c1-6-8-10-12-14-16-18-20-21-22-23-24-25-26-27-28-29-31-32-34-36-38-40-42-50(54)59-47-48(46-58-45-44-49(52(56)57)53(3,4)5)60-51(55)43-41-39-37-35-33-30-19-17-15-13-11-9-7-2/h9,11,13,15,17,19,23-24,26-27,30,33,48-49H,6-8,10,12,14,16,18,20-22,25,28-29,31-32,34-47H2,1-5H3/p+1/b11-9+,15-13+,19-17+,24-23+,27-26+,33-30+. The molecule has 0 aliphatic heterocycles. The van der Waals surface area contributed by atoms with Crippen LogP contribution in [0.3, 0.4) is 0 Å². The molecule has 0 saturated heterocycles. The maximum absolute atomic E-state index is 12.7. The van der Waals surface area contributed by atoms with Crippen molar-refractivity contribution in [3.05, 3.63) is 72.9 Å². The highest BCUT2D eigenvalue weighted by Crippen LogP contribution is 2.14. The molecule has 0 aromatic carbocycles. The summed E-state index contributed by atoms with van der Waals surface area (Å²) < 4.78 is 17.2. The number of likely N-dealkylation sites (N-methyl/N-ethyl adjacent to an activating group) is 1. The second-order valence-corrected chi connectivity index (χ2v) is 17.1. The summed E-state index contributed by atoms with van der Waals surface area (Å²) in [4.78, 5) is 37.0. The van der Waals surface area contributed by atoms with E-state index in [4.69, 9.17) is 14.2 Å². The quantitative estimate of drug-likeness (QED) is 0.0215. The average molecular weight is 841 g/mol. The Kier molecular flexibility index (Phi) is 40.2. The van der Waals surface area contributed by atoms with Crippen molar-refractivity contribution in [2.24, 2.45) is 0 Å². The summed E-state index contributed by atoms with van der Waals surface area (Å²) in [5.74, 6) is -1.53. The zero-order valence-corrected chi connectivity index (χ0v) is 39.1. The lowest BCUT2D eigenvalue weighted by molar-refractivity contribution is -0.887. The van der Waals surface area contributed by atoms with E-state index in [1.165, 1.54) is 89.9 Å². The van der Waals surface area contributed by atoms with Crippen LogP contribution in [0.1, 0.15) is 187 Å². The molecule has 0 rings (SSSR count). The number of hydrogen-bond acceptors (Lipinski definition) is 6. The van der Waals surface area contributed by atoms with Crippen molar-refractivity contribution >= 4 is 17.9 Å². The number of nitrogens with zero attached hydrogens (tertiary/aromatic N) is 1. The van der Waals surface area contributed by atoms with Crippen LogP contribution in [-0.2, 0) is 28.6 Å². The summed E-state index contributed by atoms with van der Waals surface area (Å²) >= 11 is 0. The molecule has 8 heteroatoms. The molecule has 0 aliphatic carbocycles. The summed E-state index contributed by atoms with van der Waals surface area (Å²) in [7, 11) is 5.50. The van der Waals surface area contributed by atoms with E-state index in [9.17, 15) is 19.5 Å². The molecule has 1 N–H and O–H groups in total. The van der Waals surface area contributed by atoms with E-state index in [2.05, 4.69) is 50.3 Å². The highest BCUT2D eigenvalue weighted by Gasteiger charge is 2.31. The highest BCUT2D eigenvalue weighted by molar-refractivity contribution is 5.72. The summed E-state index contributed by atoms with van der Waals surface area (Å²) in [5, 5.41) is 9.63. The molecular formula is C52H90NO7+. The molecule has 0 bridgehead atoms. The fourth-order valence-corrected chi connectivity index (χ4v) is 6.72.